The molecule has 1 aromatic rings. The van der Waals surface area contributed by atoms with Crippen molar-refractivity contribution in [1.82, 2.24) is 9.78 Å². The number of nitrogens with zero attached hydrogens (tertiary/aromatic N) is 2. The number of thiol groups is 1. The number of anilines is 2. The van der Waals surface area contributed by atoms with Crippen LogP contribution < -0.4 is 11.5 Å². The smallest absolute Gasteiger partial charge is 0.146 e. The monoisotopic (exact) mass is 190 g/mol. The first-order chi connectivity index (χ1) is 5.52. The zero-order valence-electron chi connectivity index (χ0n) is 6.52. The van der Waals surface area contributed by atoms with E-state index in [-0.39, 0.29) is 11.4 Å². The molecule has 0 saturated carbocycles. The maximum atomic E-state index is 10.3. The normalized spacial score (nSPS) is 10.8. The predicted octanol–water partition coefficient (Wildman–Crippen LogP) is -1.30. The highest BCUT2D eigenvalue weighted by molar-refractivity contribution is 7.71. The van der Waals surface area contributed by atoms with Gasteiger partial charge in [0.1, 0.15) is 22.2 Å². The SMILES string of the molecule is Cn1nc(C[SH](=O)=O)c(N)c1N. The summed E-state index contributed by atoms with van der Waals surface area (Å²) in [6, 6.07) is 0. The van der Waals surface area contributed by atoms with Crippen molar-refractivity contribution in [2.75, 3.05) is 11.5 Å². The minimum atomic E-state index is -2.50. The van der Waals surface area contributed by atoms with Crippen molar-refractivity contribution in [2.24, 2.45) is 7.05 Å². The van der Waals surface area contributed by atoms with E-state index in [0.717, 1.165) is 0 Å². The minimum Gasteiger partial charge on any atom is -0.394 e. The summed E-state index contributed by atoms with van der Waals surface area (Å²) < 4.78 is 22.0. The second-order valence-corrected chi connectivity index (χ2v) is 3.34. The fourth-order valence-corrected chi connectivity index (χ4v) is 1.33. The lowest BCUT2D eigenvalue weighted by molar-refractivity contribution is 0.612. The first-order valence-electron chi connectivity index (χ1n) is 3.21. The second kappa shape index (κ2) is 3.02. The third-order valence-electron chi connectivity index (χ3n) is 1.49. The molecule has 7 heteroatoms. The van der Waals surface area contributed by atoms with Crippen LogP contribution in [0.25, 0.3) is 0 Å². The van der Waals surface area contributed by atoms with Crippen LogP contribution in [0.3, 0.4) is 0 Å². The largest absolute Gasteiger partial charge is 0.394 e. The van der Waals surface area contributed by atoms with E-state index in [9.17, 15) is 8.42 Å². The fourth-order valence-electron chi connectivity index (χ4n) is 0.850. The van der Waals surface area contributed by atoms with Gasteiger partial charge >= 0.3 is 0 Å². The number of aryl methyl sites for hydroxylation is 1. The second-order valence-electron chi connectivity index (χ2n) is 2.36. The summed E-state index contributed by atoms with van der Waals surface area (Å²) in [7, 11) is -0.899. The zero-order valence-corrected chi connectivity index (χ0v) is 7.41. The number of aromatic nitrogens is 2. The van der Waals surface area contributed by atoms with E-state index in [1.165, 1.54) is 4.68 Å². The lowest BCUT2D eigenvalue weighted by Crippen LogP contribution is -1.99. The Kier molecular flexibility index (Phi) is 2.22. The van der Waals surface area contributed by atoms with Crippen LogP contribution in [0.1, 0.15) is 5.69 Å². The first kappa shape index (κ1) is 8.85. The van der Waals surface area contributed by atoms with Gasteiger partial charge in [-0.15, -0.1) is 0 Å². The molecule has 0 aliphatic carbocycles. The van der Waals surface area contributed by atoms with Crippen molar-refractivity contribution < 1.29 is 8.42 Å². The molecule has 1 rings (SSSR count). The average Bonchev–Trinajstić information content (AvgIpc) is 2.17. The summed E-state index contributed by atoms with van der Waals surface area (Å²) in [6.45, 7) is 0. The molecule has 1 aromatic heterocycles. The number of rotatable bonds is 2. The van der Waals surface area contributed by atoms with Gasteiger partial charge in [-0.25, -0.2) is 8.42 Å². The zero-order chi connectivity index (χ0) is 9.30. The Bertz CT molecular complexity index is 360. The maximum Gasteiger partial charge on any atom is 0.146 e. The van der Waals surface area contributed by atoms with Crippen LogP contribution >= 0.6 is 0 Å². The number of nitrogen functional groups attached to an aromatic ring is 2. The number of hydrogen-bond acceptors (Lipinski definition) is 5. The standard InChI is InChI=1S/C5H10N4O2S/c1-9-5(7)4(6)3(8-9)2-12(10)11/h12H,2,6-7H2,1H3. The molecule has 0 bridgehead atoms. The molecule has 0 spiro atoms. The van der Waals surface area contributed by atoms with Crippen molar-refractivity contribution in [3.63, 3.8) is 0 Å². The molecule has 0 amide bonds. The van der Waals surface area contributed by atoms with Crippen LogP contribution in [0.15, 0.2) is 0 Å². The Labute approximate surface area is 71.1 Å². The Hall–Kier alpha value is -1.24. The van der Waals surface area contributed by atoms with Crippen molar-refractivity contribution in [3.05, 3.63) is 5.69 Å². The molecule has 1 heterocycles. The molecular formula is C5H10N4O2S. The molecule has 4 N–H and O–H groups in total. The molecule has 0 aromatic carbocycles. The third kappa shape index (κ3) is 1.50. The van der Waals surface area contributed by atoms with Gasteiger partial charge in [0.2, 0.25) is 0 Å². The molecule has 0 aliphatic rings. The summed E-state index contributed by atoms with van der Waals surface area (Å²) in [6.07, 6.45) is 0. The van der Waals surface area contributed by atoms with E-state index in [2.05, 4.69) is 5.10 Å². The summed E-state index contributed by atoms with van der Waals surface area (Å²) >= 11 is 0. The highest BCUT2D eigenvalue weighted by Gasteiger charge is 2.10. The van der Waals surface area contributed by atoms with Crippen LogP contribution in [0.4, 0.5) is 11.5 Å². The lowest BCUT2D eigenvalue weighted by atomic mass is 10.4. The average molecular weight is 190 g/mol. The minimum absolute atomic E-state index is 0.161. The highest BCUT2D eigenvalue weighted by atomic mass is 32.2. The fraction of sp³-hybridized carbons (Fsp3) is 0.400. The topological polar surface area (TPSA) is 104 Å². The lowest BCUT2D eigenvalue weighted by Gasteiger charge is -1.91. The van der Waals surface area contributed by atoms with Gasteiger partial charge in [-0.2, -0.15) is 5.10 Å². The third-order valence-corrected chi connectivity index (χ3v) is 2.04. The molecule has 68 valence electrons. The summed E-state index contributed by atoms with van der Waals surface area (Å²) in [5.41, 5.74) is 11.5. The van der Waals surface area contributed by atoms with E-state index in [4.69, 9.17) is 11.5 Å². The van der Waals surface area contributed by atoms with Crippen LogP contribution in [-0.2, 0) is 23.5 Å². The van der Waals surface area contributed by atoms with Crippen molar-refractivity contribution in [1.29, 1.82) is 0 Å². The molecule has 0 fully saturated rings. The molecule has 0 atom stereocenters. The van der Waals surface area contributed by atoms with Crippen LogP contribution in [0.2, 0.25) is 0 Å². The quantitative estimate of drug-likeness (QED) is 0.503. The summed E-state index contributed by atoms with van der Waals surface area (Å²) in [5.74, 6) is 0.133. The van der Waals surface area contributed by atoms with E-state index in [1.54, 1.807) is 7.05 Å². The van der Waals surface area contributed by atoms with Gasteiger partial charge in [-0.3, -0.25) is 4.68 Å². The Morgan fingerprint density at radius 2 is 2.08 bits per heavy atom. The Balaban J connectivity index is 3.09. The van der Waals surface area contributed by atoms with Crippen LogP contribution in [-0.4, -0.2) is 18.2 Å². The van der Waals surface area contributed by atoms with Gasteiger partial charge in [-0.05, 0) is 0 Å². The summed E-state index contributed by atoms with van der Waals surface area (Å²) in [5, 5.41) is 3.83. The highest BCUT2D eigenvalue weighted by Crippen LogP contribution is 2.18. The van der Waals surface area contributed by atoms with Crippen LogP contribution in [0.5, 0.6) is 0 Å². The molecule has 0 radical (unpaired) electrons. The van der Waals surface area contributed by atoms with Crippen LogP contribution in [0, 0.1) is 0 Å². The molecule has 0 saturated heterocycles. The van der Waals surface area contributed by atoms with Gasteiger partial charge < -0.3 is 11.5 Å². The van der Waals surface area contributed by atoms with Crippen molar-refractivity contribution in [3.8, 4) is 0 Å². The van der Waals surface area contributed by atoms with Crippen molar-refractivity contribution in [2.45, 2.75) is 5.75 Å². The predicted molar refractivity (Wildman–Crippen MR) is 46.1 cm³/mol. The molecular weight excluding hydrogens is 180 g/mol. The van der Waals surface area contributed by atoms with E-state index >= 15 is 0 Å². The van der Waals surface area contributed by atoms with Gasteiger partial charge in [-0.1, -0.05) is 0 Å². The molecule has 0 unspecified atom stereocenters. The molecule has 0 aliphatic heterocycles. The molecule has 6 nitrogen and oxygen atoms in total. The maximum absolute atomic E-state index is 10.3. The van der Waals surface area contributed by atoms with E-state index in [0.29, 0.717) is 11.5 Å². The number of hydrogen-bond donors (Lipinski definition) is 3. The molecule has 12 heavy (non-hydrogen) atoms. The van der Waals surface area contributed by atoms with E-state index < -0.39 is 10.7 Å². The van der Waals surface area contributed by atoms with Gasteiger partial charge in [0, 0.05) is 7.05 Å². The Morgan fingerprint density at radius 3 is 2.42 bits per heavy atom. The van der Waals surface area contributed by atoms with E-state index in [1.807, 2.05) is 0 Å². The van der Waals surface area contributed by atoms with Crippen molar-refractivity contribution >= 4 is 22.2 Å². The van der Waals surface area contributed by atoms with Gasteiger partial charge in [0.15, 0.2) is 0 Å². The van der Waals surface area contributed by atoms with Gasteiger partial charge in [0.25, 0.3) is 0 Å². The van der Waals surface area contributed by atoms with Gasteiger partial charge in [0.05, 0.1) is 11.4 Å². The number of nitrogens with two attached hydrogens (primary N) is 2. The first-order valence-corrected chi connectivity index (χ1v) is 4.57. The Morgan fingerprint density at radius 1 is 1.50 bits per heavy atom. The summed E-state index contributed by atoms with van der Waals surface area (Å²) in [4.78, 5) is 0.